The fraction of sp³-hybridized carbons (Fsp3) is 0.364. The minimum Gasteiger partial charge on any atom is -0.311 e. The number of fused-ring (bicyclic) bond motifs is 3. The SMILES string of the molecule is CC[C@@H](C)n1c(C)c(C)n2c3c(=O)n(CC(=O)c4ccccc4)c(=O)n(C)c3nc12. The predicted octanol–water partition coefficient (Wildman–Crippen LogP) is 2.62. The summed E-state index contributed by atoms with van der Waals surface area (Å²) < 4.78 is 6.25. The molecule has 0 aliphatic rings. The highest BCUT2D eigenvalue weighted by molar-refractivity contribution is 5.96. The number of carbonyl (C=O) groups is 1. The summed E-state index contributed by atoms with van der Waals surface area (Å²) in [6, 6.07) is 8.85. The second kappa shape index (κ2) is 7.12. The van der Waals surface area contributed by atoms with Crippen LogP contribution in [0, 0.1) is 13.8 Å². The van der Waals surface area contributed by atoms with E-state index in [1.165, 1.54) is 4.57 Å². The molecule has 0 N–H and O–H groups in total. The Morgan fingerprint density at radius 3 is 2.40 bits per heavy atom. The minimum absolute atomic E-state index is 0.192. The Hall–Kier alpha value is -3.42. The van der Waals surface area contributed by atoms with Crippen LogP contribution in [0.2, 0.25) is 0 Å². The number of ketones is 1. The van der Waals surface area contributed by atoms with Gasteiger partial charge in [0.25, 0.3) is 5.56 Å². The van der Waals surface area contributed by atoms with Crippen LogP contribution >= 0.6 is 0 Å². The van der Waals surface area contributed by atoms with Gasteiger partial charge in [-0.1, -0.05) is 37.3 Å². The summed E-state index contributed by atoms with van der Waals surface area (Å²) in [6.45, 7) is 7.81. The standard InChI is InChI=1S/C22H25N5O3/c1-6-13(2)26-14(3)15(4)27-18-19(23-21(26)27)24(5)22(30)25(20(18)29)12-17(28)16-10-8-7-9-11-16/h7-11,13H,6,12H2,1-5H3/t13-/m1/s1. The van der Waals surface area contributed by atoms with Crippen molar-refractivity contribution >= 4 is 22.7 Å². The summed E-state index contributed by atoms with van der Waals surface area (Å²) in [5, 5.41) is 0. The number of Topliss-reactive ketones (excluding diaryl/α,β-unsaturated/α-hetero) is 1. The van der Waals surface area contributed by atoms with Crippen LogP contribution in [-0.4, -0.2) is 28.9 Å². The Morgan fingerprint density at radius 2 is 1.77 bits per heavy atom. The maximum atomic E-state index is 13.4. The quantitative estimate of drug-likeness (QED) is 0.476. The molecule has 8 heteroatoms. The van der Waals surface area contributed by atoms with E-state index in [0.717, 1.165) is 22.4 Å². The molecular formula is C22H25N5O3. The van der Waals surface area contributed by atoms with E-state index in [-0.39, 0.29) is 18.4 Å². The number of benzene rings is 1. The van der Waals surface area contributed by atoms with Crippen LogP contribution in [0.5, 0.6) is 0 Å². The molecule has 4 rings (SSSR count). The number of aryl methyl sites for hydroxylation is 2. The van der Waals surface area contributed by atoms with Gasteiger partial charge in [0.05, 0.1) is 6.54 Å². The maximum absolute atomic E-state index is 13.4. The van der Waals surface area contributed by atoms with Crippen molar-refractivity contribution in [3.8, 4) is 0 Å². The van der Waals surface area contributed by atoms with Crippen LogP contribution in [0.25, 0.3) is 16.9 Å². The van der Waals surface area contributed by atoms with E-state index in [9.17, 15) is 14.4 Å². The summed E-state index contributed by atoms with van der Waals surface area (Å²) in [6.07, 6.45) is 0.905. The van der Waals surface area contributed by atoms with E-state index in [1.54, 1.807) is 31.3 Å². The molecule has 0 saturated heterocycles. The second-order valence-corrected chi connectivity index (χ2v) is 7.74. The molecule has 156 valence electrons. The van der Waals surface area contributed by atoms with Gasteiger partial charge in [-0.3, -0.25) is 23.1 Å². The maximum Gasteiger partial charge on any atom is 0.332 e. The number of aromatic nitrogens is 5. The van der Waals surface area contributed by atoms with Crippen molar-refractivity contribution < 1.29 is 4.79 Å². The smallest absolute Gasteiger partial charge is 0.311 e. The molecular weight excluding hydrogens is 382 g/mol. The van der Waals surface area contributed by atoms with Gasteiger partial charge in [-0.15, -0.1) is 0 Å². The third-order valence-electron chi connectivity index (χ3n) is 5.99. The molecule has 0 bridgehead atoms. The summed E-state index contributed by atoms with van der Waals surface area (Å²) in [7, 11) is 1.58. The van der Waals surface area contributed by atoms with Gasteiger partial charge in [-0.2, -0.15) is 4.98 Å². The third kappa shape index (κ3) is 2.74. The monoisotopic (exact) mass is 407 g/mol. The van der Waals surface area contributed by atoms with E-state index in [2.05, 4.69) is 23.4 Å². The first-order valence-corrected chi connectivity index (χ1v) is 10.1. The average Bonchev–Trinajstić information content (AvgIpc) is 3.25. The van der Waals surface area contributed by atoms with Crippen molar-refractivity contribution in [2.45, 2.75) is 46.7 Å². The summed E-state index contributed by atoms with van der Waals surface area (Å²) in [4.78, 5) is 43.6. The Labute approximate surface area is 173 Å². The number of nitrogens with zero attached hydrogens (tertiary/aromatic N) is 5. The second-order valence-electron chi connectivity index (χ2n) is 7.74. The van der Waals surface area contributed by atoms with Crippen molar-refractivity contribution in [3.63, 3.8) is 0 Å². The van der Waals surface area contributed by atoms with Crippen LogP contribution in [0.15, 0.2) is 39.9 Å². The summed E-state index contributed by atoms with van der Waals surface area (Å²) in [5.74, 6) is 0.341. The molecule has 0 saturated carbocycles. The van der Waals surface area contributed by atoms with Gasteiger partial charge >= 0.3 is 5.69 Å². The van der Waals surface area contributed by atoms with Gasteiger partial charge in [0.2, 0.25) is 5.78 Å². The molecule has 0 amide bonds. The largest absolute Gasteiger partial charge is 0.332 e. The summed E-state index contributed by atoms with van der Waals surface area (Å²) >= 11 is 0. The average molecular weight is 407 g/mol. The Balaban J connectivity index is 2.01. The lowest BCUT2D eigenvalue weighted by Crippen LogP contribution is -2.41. The van der Waals surface area contributed by atoms with Crippen LogP contribution in [0.1, 0.15) is 48.1 Å². The highest BCUT2D eigenvalue weighted by Gasteiger charge is 2.24. The van der Waals surface area contributed by atoms with E-state index < -0.39 is 11.2 Å². The van der Waals surface area contributed by atoms with Gasteiger partial charge in [0.1, 0.15) is 0 Å². The van der Waals surface area contributed by atoms with Gasteiger partial charge in [0.15, 0.2) is 16.9 Å². The molecule has 0 fully saturated rings. The van der Waals surface area contributed by atoms with Gasteiger partial charge in [-0.25, -0.2) is 4.79 Å². The molecule has 1 aromatic carbocycles. The molecule has 0 unspecified atom stereocenters. The number of imidazole rings is 2. The molecule has 0 aliphatic heterocycles. The molecule has 4 aromatic rings. The lowest BCUT2D eigenvalue weighted by molar-refractivity contribution is 0.0969. The number of rotatable bonds is 5. The van der Waals surface area contributed by atoms with E-state index in [4.69, 9.17) is 0 Å². The van der Waals surface area contributed by atoms with Crippen LogP contribution in [-0.2, 0) is 13.6 Å². The Bertz CT molecular complexity index is 1400. The number of carbonyl (C=O) groups excluding carboxylic acids is 1. The van der Waals surface area contributed by atoms with E-state index >= 15 is 0 Å². The molecule has 30 heavy (non-hydrogen) atoms. The van der Waals surface area contributed by atoms with E-state index in [0.29, 0.717) is 22.5 Å². The molecule has 3 aromatic heterocycles. The third-order valence-corrected chi connectivity index (χ3v) is 5.99. The van der Waals surface area contributed by atoms with Crippen molar-refractivity contribution in [2.75, 3.05) is 0 Å². The van der Waals surface area contributed by atoms with Gasteiger partial charge in [-0.05, 0) is 27.2 Å². The number of hydrogen-bond donors (Lipinski definition) is 0. The zero-order chi connectivity index (χ0) is 21.7. The molecule has 1 atom stereocenters. The highest BCUT2D eigenvalue weighted by Crippen LogP contribution is 2.25. The van der Waals surface area contributed by atoms with Gasteiger partial charge in [0, 0.05) is 30.0 Å². The van der Waals surface area contributed by atoms with Crippen LogP contribution in [0.4, 0.5) is 0 Å². The zero-order valence-corrected chi connectivity index (χ0v) is 17.8. The molecule has 0 radical (unpaired) electrons. The van der Waals surface area contributed by atoms with Crippen molar-refractivity contribution in [2.24, 2.45) is 7.05 Å². The molecule has 8 nitrogen and oxygen atoms in total. The van der Waals surface area contributed by atoms with Crippen molar-refractivity contribution in [3.05, 3.63) is 68.1 Å². The number of hydrogen-bond acceptors (Lipinski definition) is 4. The topological polar surface area (TPSA) is 83.3 Å². The Kier molecular flexibility index (Phi) is 4.72. The minimum atomic E-state index is -0.554. The first kappa shape index (κ1) is 19.9. The lowest BCUT2D eigenvalue weighted by atomic mass is 10.1. The Morgan fingerprint density at radius 1 is 1.10 bits per heavy atom. The van der Waals surface area contributed by atoms with Crippen LogP contribution in [0.3, 0.4) is 0 Å². The molecule has 0 aliphatic carbocycles. The van der Waals surface area contributed by atoms with Gasteiger partial charge < -0.3 is 4.57 Å². The highest BCUT2D eigenvalue weighted by atomic mass is 16.2. The normalized spacial score (nSPS) is 12.7. The zero-order valence-electron chi connectivity index (χ0n) is 17.8. The molecule has 3 heterocycles. The first-order valence-electron chi connectivity index (χ1n) is 10.1. The molecule has 0 spiro atoms. The fourth-order valence-corrected chi connectivity index (χ4v) is 3.98. The predicted molar refractivity (Wildman–Crippen MR) is 115 cm³/mol. The lowest BCUT2D eigenvalue weighted by Gasteiger charge is -2.13. The summed E-state index contributed by atoms with van der Waals surface area (Å²) in [5.41, 5.74) is 1.95. The van der Waals surface area contributed by atoms with Crippen molar-refractivity contribution in [1.82, 2.24) is 23.1 Å². The van der Waals surface area contributed by atoms with E-state index in [1.807, 2.05) is 24.3 Å². The fourth-order valence-electron chi connectivity index (χ4n) is 3.98. The van der Waals surface area contributed by atoms with Crippen molar-refractivity contribution in [1.29, 1.82) is 0 Å². The van der Waals surface area contributed by atoms with Crippen LogP contribution < -0.4 is 11.2 Å². The first-order chi connectivity index (χ1) is 14.3.